The molecule has 0 radical (unpaired) electrons. The normalized spacial score (nSPS) is 14.1. The number of amides is 1. The van der Waals surface area contributed by atoms with Gasteiger partial charge in [0, 0.05) is 56.3 Å². The molecule has 6 nitrogen and oxygen atoms in total. The lowest BCUT2D eigenvalue weighted by atomic mass is 10.2. The Morgan fingerprint density at radius 3 is 2.68 bits per heavy atom. The van der Waals surface area contributed by atoms with Crippen LogP contribution in [0, 0.1) is 0 Å². The van der Waals surface area contributed by atoms with Crippen molar-refractivity contribution in [2.24, 2.45) is 4.99 Å². The smallest absolute Gasteiger partial charge is 0.227 e. The number of halogens is 1. The lowest BCUT2D eigenvalue weighted by Gasteiger charge is -2.16. The van der Waals surface area contributed by atoms with Crippen LogP contribution in [0.15, 0.2) is 35.5 Å². The van der Waals surface area contributed by atoms with Gasteiger partial charge in [0.1, 0.15) is 0 Å². The van der Waals surface area contributed by atoms with Gasteiger partial charge in [-0.1, -0.05) is 19.1 Å². The van der Waals surface area contributed by atoms with Crippen LogP contribution in [0.25, 0.3) is 0 Å². The molecule has 0 bridgehead atoms. The van der Waals surface area contributed by atoms with E-state index in [1.165, 1.54) is 4.88 Å². The molecule has 0 saturated carbocycles. The maximum absolute atomic E-state index is 11.8. The van der Waals surface area contributed by atoms with Crippen LogP contribution in [0.4, 0.5) is 5.69 Å². The summed E-state index contributed by atoms with van der Waals surface area (Å²) in [5.74, 6) is 0.998. The Hall–Kier alpha value is -1.68. The molecule has 0 atom stereocenters. The van der Waals surface area contributed by atoms with Crippen LogP contribution in [-0.4, -0.2) is 37.0 Å². The third-order valence-electron chi connectivity index (χ3n) is 4.59. The highest BCUT2D eigenvalue weighted by Crippen LogP contribution is 2.21. The van der Waals surface area contributed by atoms with Gasteiger partial charge in [-0.15, -0.1) is 35.3 Å². The van der Waals surface area contributed by atoms with Gasteiger partial charge >= 0.3 is 0 Å². The summed E-state index contributed by atoms with van der Waals surface area (Å²) < 4.78 is 0. The minimum Gasteiger partial charge on any atom is -0.356 e. The molecule has 8 heteroatoms. The van der Waals surface area contributed by atoms with Crippen molar-refractivity contribution in [3.05, 3.63) is 45.9 Å². The zero-order chi connectivity index (χ0) is 19.1. The SMILES string of the molecule is CCc1cnc(CCNC(=NC)NCc2ccc(N3CCCC3=O)cc2)s1.I. The number of carbonyl (C=O) groups is 1. The lowest BCUT2D eigenvalue weighted by Crippen LogP contribution is -2.37. The predicted octanol–water partition coefficient (Wildman–Crippen LogP) is 3.36. The number of aryl methyl sites for hydroxylation is 1. The molecule has 1 aliphatic rings. The van der Waals surface area contributed by atoms with Gasteiger partial charge in [-0.05, 0) is 30.5 Å². The number of hydrogen-bond acceptors (Lipinski definition) is 4. The van der Waals surface area contributed by atoms with Crippen LogP contribution in [0.1, 0.15) is 35.2 Å². The number of benzene rings is 1. The molecule has 1 amide bonds. The van der Waals surface area contributed by atoms with Gasteiger partial charge in [-0.25, -0.2) is 4.98 Å². The minimum atomic E-state index is 0. The number of thiazole rings is 1. The maximum atomic E-state index is 11.8. The molecule has 1 aromatic heterocycles. The van der Waals surface area contributed by atoms with Crippen LogP contribution in [-0.2, 0) is 24.2 Å². The van der Waals surface area contributed by atoms with Crippen molar-refractivity contribution in [1.82, 2.24) is 15.6 Å². The molecule has 1 fully saturated rings. The highest BCUT2D eigenvalue weighted by molar-refractivity contribution is 14.0. The number of nitrogens with one attached hydrogen (secondary N) is 2. The van der Waals surface area contributed by atoms with Crippen molar-refractivity contribution in [2.75, 3.05) is 25.0 Å². The molecular formula is C20H28IN5OS. The van der Waals surface area contributed by atoms with Crippen molar-refractivity contribution in [1.29, 1.82) is 0 Å². The number of anilines is 1. The second kappa shape index (κ2) is 11.4. The third kappa shape index (κ3) is 6.16. The van der Waals surface area contributed by atoms with E-state index >= 15 is 0 Å². The van der Waals surface area contributed by atoms with Crippen molar-refractivity contribution in [3.63, 3.8) is 0 Å². The first kappa shape index (κ1) is 22.6. The highest BCUT2D eigenvalue weighted by atomic mass is 127. The molecule has 3 rings (SSSR count). The van der Waals surface area contributed by atoms with E-state index in [-0.39, 0.29) is 29.9 Å². The summed E-state index contributed by atoms with van der Waals surface area (Å²) in [6.45, 7) is 4.46. The van der Waals surface area contributed by atoms with Gasteiger partial charge in [0.25, 0.3) is 0 Å². The van der Waals surface area contributed by atoms with Crippen LogP contribution in [0.5, 0.6) is 0 Å². The Labute approximate surface area is 187 Å². The first-order valence-corrected chi connectivity index (χ1v) is 10.3. The predicted molar refractivity (Wildman–Crippen MR) is 127 cm³/mol. The van der Waals surface area contributed by atoms with Crippen molar-refractivity contribution in [3.8, 4) is 0 Å². The van der Waals surface area contributed by atoms with E-state index in [1.807, 2.05) is 23.2 Å². The van der Waals surface area contributed by atoms with E-state index in [1.54, 1.807) is 18.4 Å². The molecule has 2 aromatic rings. The lowest BCUT2D eigenvalue weighted by molar-refractivity contribution is -0.117. The fourth-order valence-electron chi connectivity index (χ4n) is 3.04. The van der Waals surface area contributed by atoms with E-state index in [2.05, 4.69) is 39.7 Å². The maximum Gasteiger partial charge on any atom is 0.227 e. The van der Waals surface area contributed by atoms with Gasteiger partial charge < -0.3 is 15.5 Å². The molecule has 2 N–H and O–H groups in total. The fraction of sp³-hybridized carbons (Fsp3) is 0.450. The summed E-state index contributed by atoms with van der Waals surface area (Å²) in [4.78, 5) is 23.7. The molecule has 1 aliphatic heterocycles. The minimum absolute atomic E-state index is 0. The number of rotatable bonds is 7. The van der Waals surface area contributed by atoms with Crippen molar-refractivity contribution >= 4 is 52.9 Å². The summed E-state index contributed by atoms with van der Waals surface area (Å²) >= 11 is 1.77. The number of nitrogens with zero attached hydrogens (tertiary/aromatic N) is 3. The highest BCUT2D eigenvalue weighted by Gasteiger charge is 2.21. The molecule has 1 saturated heterocycles. The Morgan fingerprint density at radius 1 is 1.29 bits per heavy atom. The Morgan fingerprint density at radius 2 is 2.07 bits per heavy atom. The second-order valence-electron chi connectivity index (χ2n) is 6.49. The molecular weight excluding hydrogens is 485 g/mol. The number of aliphatic imine (C=N–C) groups is 1. The van der Waals surface area contributed by atoms with Crippen LogP contribution < -0.4 is 15.5 Å². The van der Waals surface area contributed by atoms with E-state index in [9.17, 15) is 4.79 Å². The molecule has 0 spiro atoms. The van der Waals surface area contributed by atoms with Gasteiger partial charge in [-0.3, -0.25) is 9.79 Å². The molecule has 152 valence electrons. The number of hydrogen-bond donors (Lipinski definition) is 2. The van der Waals surface area contributed by atoms with Crippen LogP contribution in [0.2, 0.25) is 0 Å². The monoisotopic (exact) mass is 513 g/mol. The zero-order valence-corrected chi connectivity index (χ0v) is 19.5. The van der Waals surface area contributed by atoms with Gasteiger partial charge in [0.2, 0.25) is 5.91 Å². The Kier molecular flexibility index (Phi) is 9.17. The molecule has 0 unspecified atom stereocenters. The topological polar surface area (TPSA) is 69.6 Å². The van der Waals surface area contributed by atoms with Crippen LogP contribution in [0.3, 0.4) is 0 Å². The van der Waals surface area contributed by atoms with Crippen molar-refractivity contribution in [2.45, 2.75) is 39.2 Å². The van der Waals surface area contributed by atoms with E-state index in [0.717, 1.165) is 54.6 Å². The summed E-state index contributed by atoms with van der Waals surface area (Å²) in [7, 11) is 1.77. The third-order valence-corrected chi connectivity index (χ3v) is 5.79. The van der Waals surface area contributed by atoms with E-state index in [0.29, 0.717) is 13.0 Å². The molecule has 28 heavy (non-hydrogen) atoms. The zero-order valence-electron chi connectivity index (χ0n) is 16.4. The standard InChI is InChI=1S/C20H27N5OS.HI/c1-3-17-14-23-18(27-17)10-11-22-20(21-2)24-13-15-6-8-16(9-7-15)25-12-4-5-19(25)26;/h6-9,14H,3-5,10-13H2,1-2H3,(H2,21,22,24);1H. The average Bonchev–Trinajstić information content (AvgIpc) is 3.33. The molecule has 1 aromatic carbocycles. The van der Waals surface area contributed by atoms with E-state index in [4.69, 9.17) is 0 Å². The summed E-state index contributed by atoms with van der Waals surface area (Å²) in [5.41, 5.74) is 2.14. The summed E-state index contributed by atoms with van der Waals surface area (Å²) in [5, 5.41) is 7.81. The first-order chi connectivity index (χ1) is 13.2. The Bertz CT molecular complexity index is 790. The fourth-order valence-corrected chi connectivity index (χ4v) is 3.90. The second-order valence-corrected chi connectivity index (χ2v) is 7.69. The van der Waals surface area contributed by atoms with Gasteiger partial charge in [0.15, 0.2) is 5.96 Å². The van der Waals surface area contributed by atoms with Crippen molar-refractivity contribution < 1.29 is 4.79 Å². The molecule has 2 heterocycles. The number of guanidine groups is 1. The van der Waals surface area contributed by atoms with E-state index < -0.39 is 0 Å². The number of carbonyl (C=O) groups excluding carboxylic acids is 1. The summed E-state index contributed by atoms with van der Waals surface area (Å²) in [6.07, 6.45) is 5.51. The average molecular weight is 513 g/mol. The Balaban J connectivity index is 0.00000280. The van der Waals surface area contributed by atoms with Gasteiger partial charge in [-0.2, -0.15) is 0 Å². The van der Waals surface area contributed by atoms with Gasteiger partial charge in [0.05, 0.1) is 5.01 Å². The quantitative estimate of drug-likeness (QED) is 0.339. The first-order valence-electron chi connectivity index (χ1n) is 9.47. The summed E-state index contributed by atoms with van der Waals surface area (Å²) in [6, 6.07) is 8.15. The molecule has 0 aliphatic carbocycles. The largest absolute Gasteiger partial charge is 0.356 e. The van der Waals surface area contributed by atoms with Crippen LogP contribution >= 0.6 is 35.3 Å². The number of aromatic nitrogens is 1.